The number of hydrogen-bond donors (Lipinski definition) is 0. The van der Waals surface area contributed by atoms with E-state index in [0.29, 0.717) is 17.8 Å². The summed E-state index contributed by atoms with van der Waals surface area (Å²) in [4.78, 5) is 28.9. The minimum Gasteiger partial charge on any atom is -0.339 e. The number of fused-ring (bicyclic) bond motifs is 1. The molecular weight excluding hydrogens is 296 g/mol. The number of nitrogens with zero attached hydrogens (tertiary/aromatic N) is 2. The van der Waals surface area contributed by atoms with Gasteiger partial charge in [-0.05, 0) is 17.5 Å². The highest BCUT2D eigenvalue weighted by atomic mass is 32.1. The highest BCUT2D eigenvalue weighted by Gasteiger charge is 2.32. The smallest absolute Gasteiger partial charge is 0.259 e. The summed E-state index contributed by atoms with van der Waals surface area (Å²) < 4.78 is 0. The maximum Gasteiger partial charge on any atom is 0.259 e. The number of carbonyl (C=O) groups is 2. The molecule has 2 amide bonds. The van der Waals surface area contributed by atoms with Crippen molar-refractivity contribution in [2.45, 2.75) is 6.54 Å². The van der Waals surface area contributed by atoms with E-state index in [1.165, 1.54) is 4.90 Å². The van der Waals surface area contributed by atoms with E-state index in [0.717, 1.165) is 10.4 Å². The maximum atomic E-state index is 12.4. The van der Waals surface area contributed by atoms with E-state index >= 15 is 0 Å². The third-order valence-corrected chi connectivity index (χ3v) is 4.59. The monoisotopic (exact) mass is 312 g/mol. The Balaban J connectivity index is 1.70. The van der Waals surface area contributed by atoms with Crippen LogP contribution in [0.25, 0.3) is 5.70 Å². The molecule has 3 rings (SSSR count). The summed E-state index contributed by atoms with van der Waals surface area (Å²) in [5.74, 6) is -0.255. The number of benzene rings is 1. The Bertz CT molecular complexity index is 702. The van der Waals surface area contributed by atoms with Crippen LogP contribution in [0.5, 0.6) is 0 Å². The van der Waals surface area contributed by atoms with Crippen LogP contribution in [0.1, 0.15) is 20.8 Å². The molecule has 0 atom stereocenters. The standard InChI is InChI=1S/C17H16N2O2S/c1-12-14-7-3-4-8-15(14)17(21)19(12)11-16(20)18(2)10-13-6-5-9-22-13/h3-9H,1,10-11H2,2H3. The van der Waals surface area contributed by atoms with E-state index in [1.54, 1.807) is 29.4 Å². The Kier molecular flexibility index (Phi) is 3.81. The highest BCUT2D eigenvalue weighted by Crippen LogP contribution is 2.30. The topological polar surface area (TPSA) is 40.6 Å². The fourth-order valence-electron chi connectivity index (χ4n) is 2.48. The second kappa shape index (κ2) is 5.77. The molecule has 0 unspecified atom stereocenters. The fraction of sp³-hybridized carbons (Fsp3) is 0.176. The van der Waals surface area contributed by atoms with Gasteiger partial charge in [0.15, 0.2) is 0 Å². The molecule has 0 aliphatic carbocycles. The van der Waals surface area contributed by atoms with Crippen LogP contribution >= 0.6 is 11.3 Å². The molecule has 4 nitrogen and oxygen atoms in total. The predicted molar refractivity (Wildman–Crippen MR) is 87.3 cm³/mol. The number of amides is 2. The average Bonchev–Trinajstić information content (AvgIpc) is 3.10. The first kappa shape index (κ1) is 14.5. The van der Waals surface area contributed by atoms with Crippen molar-refractivity contribution in [3.8, 4) is 0 Å². The predicted octanol–water partition coefficient (Wildman–Crippen LogP) is 2.83. The van der Waals surface area contributed by atoms with Crippen LogP contribution in [0.2, 0.25) is 0 Å². The molecule has 0 radical (unpaired) electrons. The Morgan fingerprint density at radius 3 is 2.59 bits per heavy atom. The van der Waals surface area contributed by atoms with Crippen LogP contribution in [0.3, 0.4) is 0 Å². The quantitative estimate of drug-likeness (QED) is 0.871. The van der Waals surface area contributed by atoms with Gasteiger partial charge in [0.25, 0.3) is 5.91 Å². The largest absolute Gasteiger partial charge is 0.339 e. The summed E-state index contributed by atoms with van der Waals surface area (Å²) in [7, 11) is 1.75. The zero-order chi connectivity index (χ0) is 15.7. The second-order valence-electron chi connectivity index (χ2n) is 5.21. The average molecular weight is 312 g/mol. The van der Waals surface area contributed by atoms with Gasteiger partial charge >= 0.3 is 0 Å². The summed E-state index contributed by atoms with van der Waals surface area (Å²) >= 11 is 1.61. The van der Waals surface area contributed by atoms with Crippen LogP contribution in [-0.2, 0) is 11.3 Å². The van der Waals surface area contributed by atoms with Crippen molar-refractivity contribution in [3.05, 3.63) is 64.4 Å². The normalized spacial score (nSPS) is 13.4. The van der Waals surface area contributed by atoms with Gasteiger partial charge in [-0.1, -0.05) is 30.8 Å². The van der Waals surface area contributed by atoms with Crippen LogP contribution in [0, 0.1) is 0 Å². The Labute approximate surface area is 133 Å². The summed E-state index contributed by atoms with van der Waals surface area (Å²) in [5, 5.41) is 1.98. The van der Waals surface area contributed by atoms with Crippen LogP contribution in [-0.4, -0.2) is 35.2 Å². The van der Waals surface area contributed by atoms with Gasteiger partial charge in [0.1, 0.15) is 6.54 Å². The van der Waals surface area contributed by atoms with E-state index in [1.807, 2.05) is 35.7 Å². The maximum absolute atomic E-state index is 12.4. The molecule has 0 saturated heterocycles. The van der Waals surface area contributed by atoms with Gasteiger partial charge in [0.2, 0.25) is 5.91 Å². The van der Waals surface area contributed by atoms with Crippen LogP contribution in [0.15, 0.2) is 48.4 Å². The van der Waals surface area contributed by atoms with E-state index in [4.69, 9.17) is 0 Å². The molecule has 2 aromatic rings. The van der Waals surface area contributed by atoms with E-state index in [-0.39, 0.29) is 18.4 Å². The molecule has 0 fully saturated rings. The first-order valence-corrected chi connectivity index (χ1v) is 7.82. The first-order valence-electron chi connectivity index (χ1n) is 6.94. The molecule has 1 aliphatic heterocycles. The molecule has 2 heterocycles. The third-order valence-electron chi connectivity index (χ3n) is 3.73. The van der Waals surface area contributed by atoms with Crippen molar-refractivity contribution < 1.29 is 9.59 Å². The molecule has 5 heteroatoms. The Hall–Kier alpha value is -2.40. The summed E-state index contributed by atoms with van der Waals surface area (Å²) in [6.45, 7) is 4.53. The molecule has 0 saturated carbocycles. The fourth-order valence-corrected chi connectivity index (χ4v) is 3.24. The molecule has 1 aliphatic rings. The summed E-state index contributed by atoms with van der Waals surface area (Å²) in [6.07, 6.45) is 0. The van der Waals surface area contributed by atoms with E-state index < -0.39 is 0 Å². The van der Waals surface area contributed by atoms with E-state index in [9.17, 15) is 9.59 Å². The highest BCUT2D eigenvalue weighted by molar-refractivity contribution is 7.09. The molecule has 1 aromatic heterocycles. The van der Waals surface area contributed by atoms with Gasteiger partial charge in [-0.15, -0.1) is 11.3 Å². The number of likely N-dealkylation sites (N-methyl/N-ethyl adjacent to an activating group) is 1. The van der Waals surface area contributed by atoms with Gasteiger partial charge in [0.05, 0.1) is 6.54 Å². The Morgan fingerprint density at radius 1 is 1.23 bits per heavy atom. The van der Waals surface area contributed by atoms with Crippen molar-refractivity contribution in [1.82, 2.24) is 9.80 Å². The van der Waals surface area contributed by atoms with Gasteiger partial charge < -0.3 is 4.90 Å². The molecule has 0 spiro atoms. The molecule has 22 heavy (non-hydrogen) atoms. The molecule has 1 aromatic carbocycles. The van der Waals surface area contributed by atoms with Gasteiger partial charge in [-0.3, -0.25) is 14.5 Å². The first-order chi connectivity index (χ1) is 10.6. The zero-order valence-corrected chi connectivity index (χ0v) is 13.1. The minimum atomic E-state index is -0.154. The van der Waals surface area contributed by atoms with Crippen molar-refractivity contribution >= 4 is 28.8 Å². The van der Waals surface area contributed by atoms with Gasteiger partial charge in [-0.2, -0.15) is 0 Å². The minimum absolute atomic E-state index is 0.0220. The lowest BCUT2D eigenvalue weighted by molar-refractivity contribution is -0.130. The SMILES string of the molecule is C=C1c2ccccc2C(=O)N1CC(=O)N(C)Cc1cccs1. The lowest BCUT2D eigenvalue weighted by Crippen LogP contribution is -2.37. The number of hydrogen-bond acceptors (Lipinski definition) is 3. The van der Waals surface area contributed by atoms with Crippen molar-refractivity contribution in [2.24, 2.45) is 0 Å². The Morgan fingerprint density at radius 2 is 1.95 bits per heavy atom. The number of carbonyl (C=O) groups excluding carboxylic acids is 2. The zero-order valence-electron chi connectivity index (χ0n) is 12.3. The number of rotatable bonds is 4. The third kappa shape index (κ3) is 2.55. The van der Waals surface area contributed by atoms with Gasteiger partial charge in [0, 0.05) is 28.7 Å². The second-order valence-corrected chi connectivity index (χ2v) is 6.24. The number of thiophene rings is 1. The molecule has 112 valence electrons. The van der Waals surface area contributed by atoms with Crippen molar-refractivity contribution in [2.75, 3.05) is 13.6 Å². The lowest BCUT2D eigenvalue weighted by atomic mass is 10.1. The lowest BCUT2D eigenvalue weighted by Gasteiger charge is -2.22. The van der Waals surface area contributed by atoms with Crippen molar-refractivity contribution in [3.63, 3.8) is 0 Å². The summed E-state index contributed by atoms with van der Waals surface area (Å²) in [5.41, 5.74) is 2.01. The van der Waals surface area contributed by atoms with Crippen LogP contribution in [0.4, 0.5) is 0 Å². The van der Waals surface area contributed by atoms with Crippen LogP contribution < -0.4 is 0 Å². The molecule has 0 N–H and O–H groups in total. The van der Waals surface area contributed by atoms with E-state index in [2.05, 4.69) is 6.58 Å². The molecule has 0 bridgehead atoms. The molecular formula is C17H16N2O2S. The summed E-state index contributed by atoms with van der Waals surface area (Å²) in [6, 6.07) is 11.3. The van der Waals surface area contributed by atoms with Gasteiger partial charge in [-0.25, -0.2) is 0 Å². The van der Waals surface area contributed by atoms with Crippen molar-refractivity contribution in [1.29, 1.82) is 0 Å².